The molecule has 0 rings (SSSR count). The monoisotopic (exact) mass is 174 g/mol. The van der Waals surface area contributed by atoms with Gasteiger partial charge in [0.25, 0.3) is 0 Å². The van der Waals surface area contributed by atoms with Crippen LogP contribution in [0.25, 0.3) is 0 Å². The second kappa shape index (κ2) is 5.28. The third-order valence-electron chi connectivity index (χ3n) is 1.05. The van der Waals surface area contributed by atoms with Crippen molar-refractivity contribution in [2.24, 2.45) is 11.8 Å². The standard InChI is InChI=1S/C6H10N2O4/c1-4(2-5(9)11-7)3-6(10)12-8/h1-3,7-8H2. The number of hydrogen-bond donors (Lipinski definition) is 2. The first-order chi connectivity index (χ1) is 5.60. The summed E-state index contributed by atoms with van der Waals surface area (Å²) in [7, 11) is 0. The summed E-state index contributed by atoms with van der Waals surface area (Å²) in [6.07, 6.45) is -0.239. The van der Waals surface area contributed by atoms with Crippen LogP contribution in [-0.2, 0) is 19.3 Å². The second-order valence-corrected chi connectivity index (χ2v) is 2.08. The van der Waals surface area contributed by atoms with Gasteiger partial charge in [-0.05, 0) is 0 Å². The zero-order valence-corrected chi connectivity index (χ0v) is 6.41. The van der Waals surface area contributed by atoms with Gasteiger partial charge in [0.15, 0.2) is 0 Å². The van der Waals surface area contributed by atoms with Gasteiger partial charge in [-0.25, -0.2) is 0 Å². The molecule has 4 N–H and O–H groups in total. The Morgan fingerprint density at radius 3 is 1.67 bits per heavy atom. The molecule has 0 saturated carbocycles. The summed E-state index contributed by atoms with van der Waals surface area (Å²) in [5.74, 6) is 7.78. The molecule has 0 fully saturated rings. The molecule has 0 aliphatic heterocycles. The molecular formula is C6H10N2O4. The number of nitrogens with two attached hydrogens (primary N) is 2. The Hall–Kier alpha value is -1.40. The summed E-state index contributed by atoms with van der Waals surface area (Å²) in [5, 5.41) is 0. The van der Waals surface area contributed by atoms with Crippen LogP contribution in [0.1, 0.15) is 12.8 Å². The molecule has 0 amide bonds. The van der Waals surface area contributed by atoms with Crippen LogP contribution in [-0.4, -0.2) is 11.9 Å². The van der Waals surface area contributed by atoms with Gasteiger partial charge in [0, 0.05) is 0 Å². The summed E-state index contributed by atoms with van der Waals surface area (Å²) in [4.78, 5) is 28.7. The highest BCUT2D eigenvalue weighted by atomic mass is 16.7. The van der Waals surface area contributed by atoms with Crippen LogP contribution in [0, 0.1) is 0 Å². The van der Waals surface area contributed by atoms with Crippen LogP contribution in [0.15, 0.2) is 12.2 Å². The van der Waals surface area contributed by atoms with E-state index in [9.17, 15) is 9.59 Å². The maximum Gasteiger partial charge on any atom is 0.328 e. The third kappa shape index (κ3) is 4.42. The lowest BCUT2D eigenvalue weighted by Gasteiger charge is -2.00. The first-order valence-corrected chi connectivity index (χ1v) is 3.06. The smallest absolute Gasteiger partial charge is 0.328 e. The molecule has 0 aliphatic rings. The van der Waals surface area contributed by atoms with Crippen molar-refractivity contribution in [1.29, 1.82) is 0 Å². The van der Waals surface area contributed by atoms with Gasteiger partial charge in [0.2, 0.25) is 0 Å². The summed E-state index contributed by atoms with van der Waals surface area (Å²) < 4.78 is 0. The average molecular weight is 174 g/mol. The minimum Gasteiger partial charge on any atom is -0.373 e. The lowest BCUT2D eigenvalue weighted by atomic mass is 10.1. The van der Waals surface area contributed by atoms with Crippen molar-refractivity contribution in [1.82, 2.24) is 0 Å². The quantitative estimate of drug-likeness (QED) is 0.425. The predicted octanol–water partition coefficient (Wildman–Crippen LogP) is -0.843. The molecule has 6 nitrogen and oxygen atoms in total. The minimum absolute atomic E-state index is 0.119. The number of rotatable bonds is 4. The van der Waals surface area contributed by atoms with Gasteiger partial charge in [0.05, 0.1) is 12.8 Å². The summed E-state index contributed by atoms with van der Waals surface area (Å²) in [6.45, 7) is 3.42. The van der Waals surface area contributed by atoms with E-state index < -0.39 is 11.9 Å². The van der Waals surface area contributed by atoms with Crippen LogP contribution in [0.4, 0.5) is 0 Å². The van der Waals surface area contributed by atoms with E-state index >= 15 is 0 Å². The fourth-order valence-electron chi connectivity index (χ4n) is 0.554. The molecule has 0 aromatic carbocycles. The van der Waals surface area contributed by atoms with Crippen LogP contribution in [0.5, 0.6) is 0 Å². The summed E-state index contributed by atoms with van der Waals surface area (Å²) >= 11 is 0. The van der Waals surface area contributed by atoms with E-state index in [1.165, 1.54) is 0 Å². The fraction of sp³-hybridized carbons (Fsp3) is 0.333. The van der Waals surface area contributed by atoms with Crippen molar-refractivity contribution in [3.8, 4) is 0 Å². The van der Waals surface area contributed by atoms with Gasteiger partial charge in [-0.15, -0.1) is 0 Å². The molecule has 6 heteroatoms. The van der Waals surface area contributed by atoms with E-state index in [0.29, 0.717) is 5.57 Å². The van der Waals surface area contributed by atoms with Crippen LogP contribution < -0.4 is 11.8 Å². The van der Waals surface area contributed by atoms with Crippen LogP contribution >= 0.6 is 0 Å². The third-order valence-corrected chi connectivity index (χ3v) is 1.05. The topological polar surface area (TPSA) is 105 Å². The number of carbonyl (C=O) groups is 2. The Kier molecular flexibility index (Phi) is 4.66. The average Bonchev–Trinajstić information content (AvgIpc) is 2.03. The lowest BCUT2D eigenvalue weighted by molar-refractivity contribution is -0.144. The zero-order chi connectivity index (χ0) is 9.56. The molecule has 0 aromatic rings. The van der Waals surface area contributed by atoms with Crippen molar-refractivity contribution < 1.29 is 19.3 Å². The number of hydrogen-bond acceptors (Lipinski definition) is 6. The van der Waals surface area contributed by atoms with E-state index in [1.54, 1.807) is 0 Å². The maximum atomic E-state index is 10.5. The van der Waals surface area contributed by atoms with Crippen molar-refractivity contribution in [2.45, 2.75) is 12.8 Å². The van der Waals surface area contributed by atoms with E-state index in [0.717, 1.165) is 0 Å². The Morgan fingerprint density at radius 2 is 1.42 bits per heavy atom. The molecule has 0 aliphatic carbocycles. The highest BCUT2D eigenvalue weighted by molar-refractivity contribution is 5.77. The zero-order valence-electron chi connectivity index (χ0n) is 6.41. The van der Waals surface area contributed by atoms with Gasteiger partial charge >= 0.3 is 11.9 Å². The first-order valence-electron chi connectivity index (χ1n) is 3.06. The minimum atomic E-state index is -0.662. The largest absolute Gasteiger partial charge is 0.373 e. The molecule has 0 radical (unpaired) electrons. The van der Waals surface area contributed by atoms with Gasteiger partial charge < -0.3 is 9.68 Å². The van der Waals surface area contributed by atoms with Crippen molar-refractivity contribution in [3.63, 3.8) is 0 Å². The predicted molar refractivity (Wildman–Crippen MR) is 38.9 cm³/mol. The van der Waals surface area contributed by atoms with E-state index in [4.69, 9.17) is 0 Å². The molecule has 0 bridgehead atoms. The molecular weight excluding hydrogens is 164 g/mol. The Morgan fingerprint density at radius 1 is 1.08 bits per heavy atom. The number of carbonyl (C=O) groups excluding carboxylic acids is 2. The molecule has 0 heterocycles. The van der Waals surface area contributed by atoms with Crippen LogP contribution in [0.2, 0.25) is 0 Å². The molecule has 0 atom stereocenters. The summed E-state index contributed by atoms with van der Waals surface area (Å²) in [5.41, 5.74) is 0.334. The normalized spacial score (nSPS) is 8.83. The van der Waals surface area contributed by atoms with Gasteiger partial charge in [-0.1, -0.05) is 12.2 Å². The van der Waals surface area contributed by atoms with Crippen molar-refractivity contribution in [3.05, 3.63) is 12.2 Å². The SMILES string of the molecule is C=C(CC(=O)ON)CC(=O)ON. The fourth-order valence-corrected chi connectivity index (χ4v) is 0.554. The highest BCUT2D eigenvalue weighted by Crippen LogP contribution is 2.04. The molecule has 12 heavy (non-hydrogen) atoms. The Labute approximate surface area is 69.0 Å². The van der Waals surface area contributed by atoms with Gasteiger partial charge in [0.1, 0.15) is 0 Å². The summed E-state index contributed by atoms with van der Waals surface area (Å²) in [6, 6.07) is 0. The maximum absolute atomic E-state index is 10.5. The van der Waals surface area contributed by atoms with E-state index in [2.05, 4.69) is 28.0 Å². The van der Waals surface area contributed by atoms with Crippen molar-refractivity contribution >= 4 is 11.9 Å². The molecule has 0 spiro atoms. The van der Waals surface area contributed by atoms with Gasteiger partial charge in [-0.3, -0.25) is 9.59 Å². The van der Waals surface area contributed by atoms with E-state index in [1.807, 2.05) is 0 Å². The Bertz CT molecular complexity index is 182. The second-order valence-electron chi connectivity index (χ2n) is 2.08. The van der Waals surface area contributed by atoms with Crippen molar-refractivity contribution in [2.75, 3.05) is 0 Å². The van der Waals surface area contributed by atoms with Crippen LogP contribution in [0.3, 0.4) is 0 Å². The van der Waals surface area contributed by atoms with E-state index in [-0.39, 0.29) is 12.8 Å². The Balaban J connectivity index is 3.74. The lowest BCUT2D eigenvalue weighted by Crippen LogP contribution is -2.14. The highest BCUT2D eigenvalue weighted by Gasteiger charge is 2.09. The van der Waals surface area contributed by atoms with Gasteiger partial charge in [-0.2, -0.15) is 11.8 Å². The first kappa shape index (κ1) is 10.6. The molecule has 0 aromatic heterocycles. The molecule has 68 valence electrons. The molecule has 0 saturated heterocycles. The molecule has 0 unspecified atom stereocenters.